The summed E-state index contributed by atoms with van der Waals surface area (Å²) in [4.78, 5) is 9.15. The van der Waals surface area contributed by atoms with E-state index >= 15 is 0 Å². The topological polar surface area (TPSA) is 63.1 Å². The quantitative estimate of drug-likeness (QED) is 0.246. The highest BCUT2D eigenvalue weighted by molar-refractivity contribution is 14.0. The highest BCUT2D eigenvalue weighted by Crippen LogP contribution is 2.15. The van der Waals surface area contributed by atoms with E-state index in [4.69, 9.17) is 0 Å². The number of rotatable bonds is 9. The van der Waals surface area contributed by atoms with Crippen LogP contribution in [0, 0.1) is 6.92 Å². The molecule has 33 heavy (non-hydrogen) atoms. The van der Waals surface area contributed by atoms with Crippen molar-refractivity contribution in [2.45, 2.75) is 45.9 Å². The van der Waals surface area contributed by atoms with E-state index in [2.05, 4.69) is 87.8 Å². The fourth-order valence-corrected chi connectivity index (χ4v) is 4.11. The number of anilines is 1. The van der Waals surface area contributed by atoms with Gasteiger partial charge in [-0.05, 0) is 55.5 Å². The second-order valence-electron chi connectivity index (χ2n) is 8.60. The third-order valence-electron chi connectivity index (χ3n) is 6.09. The van der Waals surface area contributed by atoms with Crippen molar-refractivity contribution in [1.29, 1.82) is 0 Å². The number of likely N-dealkylation sites (N-methyl/N-ethyl adjacent to an activating group) is 1. The number of hydrogen-bond acceptors (Lipinski definition) is 4. The molecule has 0 aliphatic carbocycles. The maximum Gasteiger partial charge on any atom is 0.191 e. The maximum absolute atomic E-state index is 9.66. The van der Waals surface area contributed by atoms with Gasteiger partial charge in [-0.2, -0.15) is 0 Å². The zero-order valence-corrected chi connectivity index (χ0v) is 22.6. The molecule has 0 amide bonds. The summed E-state index contributed by atoms with van der Waals surface area (Å²) in [6.07, 6.45) is 1.65. The van der Waals surface area contributed by atoms with Crippen molar-refractivity contribution in [1.82, 2.24) is 15.5 Å². The molecule has 2 aromatic carbocycles. The fraction of sp³-hybridized carbons (Fsp3) is 0.500. The van der Waals surface area contributed by atoms with E-state index in [0.717, 1.165) is 64.6 Å². The summed E-state index contributed by atoms with van der Waals surface area (Å²) in [5.41, 5.74) is 5.11. The average Bonchev–Trinajstić information content (AvgIpc) is 2.81. The van der Waals surface area contributed by atoms with Gasteiger partial charge in [0.15, 0.2) is 5.96 Å². The van der Waals surface area contributed by atoms with Gasteiger partial charge in [0.05, 0.1) is 6.10 Å². The smallest absolute Gasteiger partial charge is 0.191 e. The van der Waals surface area contributed by atoms with Gasteiger partial charge >= 0.3 is 0 Å². The van der Waals surface area contributed by atoms with Gasteiger partial charge in [-0.15, -0.1) is 24.0 Å². The maximum atomic E-state index is 9.66. The Bertz CT molecular complexity index is 850. The predicted octanol–water partition coefficient (Wildman–Crippen LogP) is 3.76. The lowest BCUT2D eigenvalue weighted by Gasteiger charge is -2.29. The van der Waals surface area contributed by atoms with Crippen molar-refractivity contribution in [2.75, 3.05) is 44.7 Å². The SMILES string of the molecule is CCN(CCNC(=NC)NCc1ccc(CN2CCC(O)CC2)cc1)c1cccc(C)c1.I. The standard InChI is InChI=1S/C26H39N5O.HI/c1-4-31(24-7-5-6-21(2)18-24)17-14-28-26(27-3)29-19-22-8-10-23(11-9-22)20-30-15-12-25(32)13-16-30;/h5-11,18,25,32H,4,12-17,19-20H2,1-3H3,(H2,27,28,29);1H. The Kier molecular flexibility index (Phi) is 12.0. The summed E-state index contributed by atoms with van der Waals surface area (Å²) in [6.45, 7) is 10.7. The number of aliphatic hydroxyl groups is 1. The minimum atomic E-state index is -0.115. The highest BCUT2D eigenvalue weighted by Gasteiger charge is 2.16. The number of piperidine rings is 1. The number of aliphatic imine (C=N–C) groups is 1. The van der Waals surface area contributed by atoms with E-state index in [0.29, 0.717) is 0 Å². The molecule has 2 aromatic rings. The van der Waals surface area contributed by atoms with Crippen LogP contribution >= 0.6 is 24.0 Å². The number of nitrogens with one attached hydrogen (secondary N) is 2. The van der Waals surface area contributed by atoms with Crippen LogP contribution in [0.25, 0.3) is 0 Å². The number of likely N-dealkylation sites (tertiary alicyclic amines) is 1. The van der Waals surface area contributed by atoms with E-state index in [1.165, 1.54) is 22.4 Å². The monoisotopic (exact) mass is 565 g/mol. The van der Waals surface area contributed by atoms with Crippen LogP contribution in [0.4, 0.5) is 5.69 Å². The molecule has 1 saturated heterocycles. The van der Waals surface area contributed by atoms with Gasteiger partial charge in [0, 0.05) is 58.5 Å². The molecule has 0 saturated carbocycles. The molecule has 1 aliphatic heterocycles. The molecular weight excluding hydrogens is 525 g/mol. The lowest BCUT2D eigenvalue weighted by molar-refractivity contribution is 0.0792. The summed E-state index contributed by atoms with van der Waals surface area (Å²) in [6, 6.07) is 17.4. The Hall–Kier alpha value is -1.84. The van der Waals surface area contributed by atoms with Gasteiger partial charge < -0.3 is 20.6 Å². The lowest BCUT2D eigenvalue weighted by Crippen LogP contribution is -2.41. The summed E-state index contributed by atoms with van der Waals surface area (Å²) in [5, 5.41) is 16.5. The predicted molar refractivity (Wildman–Crippen MR) is 150 cm³/mol. The van der Waals surface area contributed by atoms with E-state index in [-0.39, 0.29) is 30.1 Å². The van der Waals surface area contributed by atoms with E-state index in [9.17, 15) is 5.11 Å². The zero-order chi connectivity index (χ0) is 22.8. The first kappa shape index (κ1) is 27.4. The molecule has 3 N–H and O–H groups in total. The van der Waals surface area contributed by atoms with Crippen LogP contribution in [0.3, 0.4) is 0 Å². The van der Waals surface area contributed by atoms with Crippen LogP contribution in [0.5, 0.6) is 0 Å². The van der Waals surface area contributed by atoms with Crippen molar-refractivity contribution in [3.05, 3.63) is 65.2 Å². The molecule has 0 aromatic heterocycles. The molecule has 7 heteroatoms. The van der Waals surface area contributed by atoms with E-state index in [1.54, 1.807) is 0 Å². The van der Waals surface area contributed by atoms with Gasteiger partial charge in [-0.1, -0.05) is 36.4 Å². The molecule has 0 unspecified atom stereocenters. The van der Waals surface area contributed by atoms with Crippen LogP contribution in [-0.2, 0) is 13.1 Å². The summed E-state index contributed by atoms with van der Waals surface area (Å²) in [7, 11) is 1.81. The van der Waals surface area contributed by atoms with Crippen LogP contribution in [-0.4, -0.2) is 61.8 Å². The van der Waals surface area contributed by atoms with Crippen molar-refractivity contribution in [3.8, 4) is 0 Å². The number of guanidine groups is 1. The molecule has 1 aliphatic rings. The lowest BCUT2D eigenvalue weighted by atomic mass is 10.1. The molecule has 0 atom stereocenters. The van der Waals surface area contributed by atoms with Crippen molar-refractivity contribution >= 4 is 35.6 Å². The second-order valence-corrected chi connectivity index (χ2v) is 8.60. The van der Waals surface area contributed by atoms with Gasteiger partial charge in [0.2, 0.25) is 0 Å². The Morgan fingerprint density at radius 1 is 1.09 bits per heavy atom. The zero-order valence-electron chi connectivity index (χ0n) is 20.3. The molecule has 1 fully saturated rings. The van der Waals surface area contributed by atoms with Gasteiger partial charge in [-0.3, -0.25) is 9.89 Å². The van der Waals surface area contributed by atoms with Crippen LogP contribution in [0.15, 0.2) is 53.5 Å². The van der Waals surface area contributed by atoms with Gasteiger partial charge in [-0.25, -0.2) is 0 Å². The van der Waals surface area contributed by atoms with Crippen molar-refractivity contribution in [2.24, 2.45) is 4.99 Å². The van der Waals surface area contributed by atoms with Crippen molar-refractivity contribution < 1.29 is 5.11 Å². The summed E-state index contributed by atoms with van der Waals surface area (Å²) in [5.74, 6) is 0.821. The van der Waals surface area contributed by atoms with Gasteiger partial charge in [0.25, 0.3) is 0 Å². The molecule has 3 rings (SSSR count). The highest BCUT2D eigenvalue weighted by atomic mass is 127. The van der Waals surface area contributed by atoms with Crippen LogP contribution < -0.4 is 15.5 Å². The molecule has 182 valence electrons. The molecule has 1 heterocycles. The summed E-state index contributed by atoms with van der Waals surface area (Å²) >= 11 is 0. The number of aliphatic hydroxyl groups excluding tert-OH is 1. The second kappa shape index (κ2) is 14.4. The molecule has 0 radical (unpaired) electrons. The number of benzene rings is 2. The first-order chi connectivity index (χ1) is 15.6. The summed E-state index contributed by atoms with van der Waals surface area (Å²) < 4.78 is 0. The Morgan fingerprint density at radius 3 is 2.42 bits per heavy atom. The number of aryl methyl sites for hydroxylation is 1. The minimum Gasteiger partial charge on any atom is -0.393 e. The third-order valence-corrected chi connectivity index (χ3v) is 6.09. The largest absolute Gasteiger partial charge is 0.393 e. The molecule has 6 nitrogen and oxygen atoms in total. The molecule has 0 spiro atoms. The van der Waals surface area contributed by atoms with Crippen LogP contribution in [0.1, 0.15) is 36.5 Å². The number of hydrogen-bond donors (Lipinski definition) is 3. The Morgan fingerprint density at radius 2 is 1.79 bits per heavy atom. The Labute approximate surface area is 216 Å². The van der Waals surface area contributed by atoms with E-state index in [1.807, 2.05) is 7.05 Å². The third kappa shape index (κ3) is 9.14. The first-order valence-corrected chi connectivity index (χ1v) is 11.8. The average molecular weight is 566 g/mol. The van der Waals surface area contributed by atoms with Crippen molar-refractivity contribution in [3.63, 3.8) is 0 Å². The Balaban J connectivity index is 0.00000385. The normalized spacial score (nSPS) is 15.1. The number of halogens is 1. The first-order valence-electron chi connectivity index (χ1n) is 11.8. The van der Waals surface area contributed by atoms with Gasteiger partial charge in [0.1, 0.15) is 0 Å². The number of nitrogens with zero attached hydrogens (tertiary/aromatic N) is 3. The minimum absolute atomic E-state index is 0. The molecule has 0 bridgehead atoms. The van der Waals surface area contributed by atoms with E-state index < -0.39 is 0 Å². The van der Waals surface area contributed by atoms with Crippen LogP contribution in [0.2, 0.25) is 0 Å². The molecular formula is C26H40IN5O. The fourth-order valence-electron chi connectivity index (χ4n) is 4.11.